The Hall–Kier alpha value is -3.26. The molecule has 5 rings (SSSR count). The smallest absolute Gasteiger partial charge is 0.280 e. The molecular weight excluding hydrogens is 358 g/mol. The van der Waals surface area contributed by atoms with Crippen LogP contribution in [0.5, 0.6) is 0 Å². The van der Waals surface area contributed by atoms with Crippen molar-refractivity contribution < 1.29 is 13.8 Å². The molecule has 4 heterocycles. The fraction of sp³-hybridized carbons (Fsp3) is 0.300. The van der Waals surface area contributed by atoms with E-state index in [1.807, 2.05) is 43.4 Å². The number of pyridine rings is 1. The summed E-state index contributed by atoms with van der Waals surface area (Å²) in [5, 5.41) is 12.3. The van der Waals surface area contributed by atoms with Gasteiger partial charge in [0, 0.05) is 43.2 Å². The van der Waals surface area contributed by atoms with E-state index in [0.29, 0.717) is 23.3 Å². The molecule has 1 aliphatic rings. The highest BCUT2D eigenvalue weighted by molar-refractivity contribution is 5.94. The van der Waals surface area contributed by atoms with Crippen molar-refractivity contribution in [3.63, 3.8) is 0 Å². The highest BCUT2D eigenvalue weighted by Gasteiger charge is 2.23. The largest absolute Gasteiger partial charge is 0.381 e. The number of para-hydroxylation sites is 1. The molecule has 0 radical (unpaired) electrons. The summed E-state index contributed by atoms with van der Waals surface area (Å²) in [5.74, 6) is 2.72. The minimum atomic E-state index is 0.319. The number of aromatic nitrogens is 4. The maximum Gasteiger partial charge on any atom is 0.280 e. The molecule has 0 atom stereocenters. The molecule has 3 aromatic heterocycles. The van der Waals surface area contributed by atoms with Crippen LogP contribution in [0.3, 0.4) is 0 Å². The molecule has 1 fully saturated rings. The molecule has 0 spiro atoms. The Labute approximate surface area is 160 Å². The van der Waals surface area contributed by atoms with Gasteiger partial charge in [0.05, 0.1) is 5.52 Å². The predicted molar refractivity (Wildman–Crippen MR) is 103 cm³/mol. The average Bonchev–Trinajstić information content (AvgIpc) is 3.43. The normalized spacial score (nSPS) is 15.2. The summed E-state index contributed by atoms with van der Waals surface area (Å²) < 4.78 is 16.4. The van der Waals surface area contributed by atoms with Crippen molar-refractivity contribution in [2.24, 2.45) is 0 Å². The van der Waals surface area contributed by atoms with E-state index in [4.69, 9.17) is 13.8 Å². The lowest BCUT2D eigenvalue weighted by Gasteiger charge is -2.18. The Kier molecular flexibility index (Phi) is 4.25. The van der Waals surface area contributed by atoms with Crippen molar-refractivity contribution in [2.75, 3.05) is 25.6 Å². The van der Waals surface area contributed by atoms with Gasteiger partial charge in [-0.15, -0.1) is 0 Å². The number of nitrogens with one attached hydrogen (secondary N) is 1. The van der Waals surface area contributed by atoms with Gasteiger partial charge in [-0.25, -0.2) is 4.98 Å². The number of rotatable bonds is 4. The standard InChI is InChI=1S/C20H19N5O3/c1-21-18-10-14(13-4-2-3-5-15(13)22-18)19-23-20(28-25-19)16-11-17(27-24-16)12-6-8-26-9-7-12/h2-5,10-12H,6-9H2,1H3,(H,21,22). The summed E-state index contributed by atoms with van der Waals surface area (Å²) >= 11 is 0. The third-order valence-electron chi connectivity index (χ3n) is 5.01. The lowest BCUT2D eigenvalue weighted by Crippen LogP contribution is -2.13. The number of ether oxygens (including phenoxy) is 1. The average molecular weight is 377 g/mol. The van der Waals surface area contributed by atoms with Crippen LogP contribution in [0.1, 0.15) is 24.5 Å². The van der Waals surface area contributed by atoms with Crippen LogP contribution >= 0.6 is 0 Å². The summed E-state index contributed by atoms with van der Waals surface area (Å²) in [5.41, 5.74) is 2.25. The van der Waals surface area contributed by atoms with Gasteiger partial charge in [0.15, 0.2) is 5.69 Å². The Morgan fingerprint density at radius 1 is 1.00 bits per heavy atom. The zero-order valence-corrected chi connectivity index (χ0v) is 15.4. The summed E-state index contributed by atoms with van der Waals surface area (Å²) in [6.07, 6.45) is 1.86. The second kappa shape index (κ2) is 7.05. The van der Waals surface area contributed by atoms with E-state index in [1.54, 1.807) is 0 Å². The number of fused-ring (bicyclic) bond motifs is 1. The van der Waals surface area contributed by atoms with Crippen molar-refractivity contribution in [1.29, 1.82) is 0 Å². The topological polar surface area (TPSA) is 99.1 Å². The number of hydrogen-bond donors (Lipinski definition) is 1. The monoisotopic (exact) mass is 377 g/mol. The van der Waals surface area contributed by atoms with Gasteiger partial charge in [0.2, 0.25) is 5.82 Å². The second-order valence-corrected chi connectivity index (χ2v) is 6.75. The van der Waals surface area contributed by atoms with Crippen LogP contribution in [0.4, 0.5) is 5.82 Å². The Morgan fingerprint density at radius 2 is 1.86 bits per heavy atom. The molecule has 4 aromatic rings. The molecule has 0 amide bonds. The predicted octanol–water partition coefficient (Wildman–Crippen LogP) is 3.88. The van der Waals surface area contributed by atoms with Gasteiger partial charge in [0.1, 0.15) is 11.6 Å². The van der Waals surface area contributed by atoms with Gasteiger partial charge in [-0.1, -0.05) is 28.5 Å². The first-order valence-corrected chi connectivity index (χ1v) is 9.28. The fourth-order valence-corrected chi connectivity index (χ4v) is 3.49. The SMILES string of the molecule is CNc1cc(-c2noc(-c3cc(C4CCOCC4)on3)n2)c2ccccc2n1. The Bertz CT molecular complexity index is 1110. The van der Waals surface area contributed by atoms with Crippen molar-refractivity contribution in [2.45, 2.75) is 18.8 Å². The lowest BCUT2D eigenvalue weighted by molar-refractivity contribution is 0.0791. The molecule has 0 saturated carbocycles. The number of benzene rings is 1. The van der Waals surface area contributed by atoms with Crippen molar-refractivity contribution in [3.8, 4) is 23.0 Å². The van der Waals surface area contributed by atoms with Crippen molar-refractivity contribution >= 4 is 16.7 Å². The second-order valence-electron chi connectivity index (χ2n) is 6.75. The first kappa shape index (κ1) is 16.9. The van der Waals surface area contributed by atoms with Crippen LogP contribution in [0, 0.1) is 0 Å². The molecule has 0 aliphatic carbocycles. The minimum Gasteiger partial charge on any atom is -0.381 e. The van der Waals surface area contributed by atoms with Crippen LogP contribution in [-0.2, 0) is 4.74 Å². The van der Waals surface area contributed by atoms with Crippen LogP contribution in [0.2, 0.25) is 0 Å². The molecule has 142 valence electrons. The van der Waals surface area contributed by atoms with Gasteiger partial charge in [-0.05, 0) is 25.0 Å². The van der Waals surface area contributed by atoms with E-state index in [2.05, 4.69) is 25.6 Å². The molecule has 1 saturated heterocycles. The highest BCUT2D eigenvalue weighted by Crippen LogP contribution is 2.32. The zero-order valence-electron chi connectivity index (χ0n) is 15.4. The van der Waals surface area contributed by atoms with Gasteiger partial charge < -0.3 is 19.1 Å². The fourth-order valence-electron chi connectivity index (χ4n) is 3.49. The molecular formula is C20H19N5O3. The highest BCUT2D eigenvalue weighted by atomic mass is 16.5. The minimum absolute atomic E-state index is 0.319. The molecule has 28 heavy (non-hydrogen) atoms. The maximum absolute atomic E-state index is 5.53. The summed E-state index contributed by atoms with van der Waals surface area (Å²) in [7, 11) is 1.83. The molecule has 8 nitrogen and oxygen atoms in total. The van der Waals surface area contributed by atoms with Gasteiger partial charge in [0.25, 0.3) is 5.89 Å². The van der Waals surface area contributed by atoms with Crippen LogP contribution in [0.15, 0.2) is 45.4 Å². The van der Waals surface area contributed by atoms with E-state index in [-0.39, 0.29) is 0 Å². The molecule has 8 heteroatoms. The first-order chi connectivity index (χ1) is 13.8. The van der Waals surface area contributed by atoms with E-state index in [0.717, 1.165) is 54.1 Å². The number of anilines is 1. The van der Waals surface area contributed by atoms with E-state index in [1.165, 1.54) is 0 Å². The number of nitrogens with zero attached hydrogens (tertiary/aromatic N) is 4. The van der Waals surface area contributed by atoms with E-state index < -0.39 is 0 Å². The maximum atomic E-state index is 5.53. The third-order valence-corrected chi connectivity index (χ3v) is 5.01. The number of hydrogen-bond acceptors (Lipinski definition) is 8. The molecule has 1 aromatic carbocycles. The molecule has 1 aliphatic heterocycles. The zero-order chi connectivity index (χ0) is 18.9. The van der Waals surface area contributed by atoms with Crippen LogP contribution < -0.4 is 5.32 Å². The van der Waals surface area contributed by atoms with Crippen molar-refractivity contribution in [1.82, 2.24) is 20.3 Å². The van der Waals surface area contributed by atoms with Crippen molar-refractivity contribution in [3.05, 3.63) is 42.2 Å². The third kappa shape index (κ3) is 3.01. The summed E-state index contributed by atoms with van der Waals surface area (Å²) in [4.78, 5) is 9.12. The van der Waals surface area contributed by atoms with Gasteiger partial charge >= 0.3 is 0 Å². The van der Waals surface area contributed by atoms with Gasteiger partial charge in [-0.3, -0.25) is 0 Å². The Balaban J connectivity index is 1.50. The first-order valence-electron chi connectivity index (χ1n) is 9.28. The molecule has 0 bridgehead atoms. The van der Waals surface area contributed by atoms with Crippen LogP contribution in [-0.4, -0.2) is 40.5 Å². The van der Waals surface area contributed by atoms with Gasteiger partial charge in [-0.2, -0.15) is 4.98 Å². The van der Waals surface area contributed by atoms with E-state index in [9.17, 15) is 0 Å². The Morgan fingerprint density at radius 3 is 2.71 bits per heavy atom. The van der Waals surface area contributed by atoms with E-state index >= 15 is 0 Å². The quantitative estimate of drug-likeness (QED) is 0.572. The lowest BCUT2D eigenvalue weighted by atomic mass is 9.97. The molecule has 1 N–H and O–H groups in total. The molecule has 0 unspecified atom stereocenters. The summed E-state index contributed by atoms with van der Waals surface area (Å²) in [6, 6.07) is 11.7. The van der Waals surface area contributed by atoms with Crippen LogP contribution in [0.25, 0.3) is 33.9 Å². The summed E-state index contributed by atoms with van der Waals surface area (Å²) in [6.45, 7) is 1.49.